The Bertz CT molecular complexity index is 1130. The van der Waals surface area contributed by atoms with Crippen molar-refractivity contribution in [1.29, 1.82) is 0 Å². The van der Waals surface area contributed by atoms with E-state index >= 15 is 0 Å². The number of aromatic nitrogens is 2. The van der Waals surface area contributed by atoms with Crippen molar-refractivity contribution >= 4 is 17.1 Å². The highest BCUT2D eigenvalue weighted by molar-refractivity contribution is 5.95. The molecule has 1 saturated heterocycles. The molecule has 2 atom stereocenters. The summed E-state index contributed by atoms with van der Waals surface area (Å²) in [6, 6.07) is 3.65. The summed E-state index contributed by atoms with van der Waals surface area (Å²) in [5.41, 5.74) is 0.677. The lowest BCUT2D eigenvalue weighted by Crippen LogP contribution is -2.45. The highest BCUT2D eigenvalue weighted by Crippen LogP contribution is 2.34. The van der Waals surface area contributed by atoms with Gasteiger partial charge in [0.2, 0.25) is 0 Å². The van der Waals surface area contributed by atoms with Gasteiger partial charge in [-0.3, -0.25) is 0 Å². The second kappa shape index (κ2) is 11.4. The molecule has 0 radical (unpaired) electrons. The van der Waals surface area contributed by atoms with Crippen molar-refractivity contribution in [3.05, 3.63) is 60.2 Å². The number of hydrogen-bond acceptors (Lipinski definition) is 7. The number of rotatable bonds is 7. The monoisotopic (exact) mass is 507 g/mol. The summed E-state index contributed by atoms with van der Waals surface area (Å²) in [5, 5.41) is 2.96. The van der Waals surface area contributed by atoms with E-state index in [1.54, 1.807) is 25.4 Å². The molecule has 1 aromatic carbocycles. The van der Waals surface area contributed by atoms with Gasteiger partial charge in [-0.1, -0.05) is 12.7 Å². The summed E-state index contributed by atoms with van der Waals surface area (Å²) in [6.45, 7) is 10.7. The van der Waals surface area contributed by atoms with Crippen molar-refractivity contribution < 1.29 is 28.8 Å². The van der Waals surface area contributed by atoms with Gasteiger partial charge in [-0.15, -0.1) is 0 Å². The number of methoxy groups -OCH3 is 2. The Morgan fingerprint density at radius 1 is 1.17 bits per heavy atom. The molecule has 1 aliphatic heterocycles. The lowest BCUT2D eigenvalue weighted by molar-refractivity contribution is -0.137. The van der Waals surface area contributed by atoms with Crippen molar-refractivity contribution in [3.8, 4) is 11.8 Å². The van der Waals surface area contributed by atoms with E-state index in [4.69, 9.17) is 19.2 Å². The van der Waals surface area contributed by atoms with Crippen LogP contribution in [0, 0.1) is 0 Å². The summed E-state index contributed by atoms with van der Waals surface area (Å²) in [4.78, 5) is 15.2. The largest absolute Gasteiger partial charge is 0.497 e. The third kappa shape index (κ3) is 6.75. The molecule has 1 N–H and O–H groups in total. The molecule has 36 heavy (non-hydrogen) atoms. The van der Waals surface area contributed by atoms with E-state index in [0.717, 1.165) is 12.1 Å². The summed E-state index contributed by atoms with van der Waals surface area (Å²) < 4.78 is 56.1. The van der Waals surface area contributed by atoms with E-state index in [1.165, 1.54) is 20.3 Å². The predicted molar refractivity (Wildman–Crippen MR) is 134 cm³/mol. The molecule has 2 heterocycles. The molecular weight excluding hydrogens is 475 g/mol. The van der Waals surface area contributed by atoms with E-state index in [1.807, 2.05) is 13.8 Å². The van der Waals surface area contributed by atoms with Crippen molar-refractivity contribution in [3.63, 3.8) is 0 Å². The standard InChI is InChI=1S/C25H30F3N5O3.H2/c1-7-22(18-11-29-24(35-6)30-12-18)23(33-13-15(2)36-16(3)14-33)32-17(4)31-20-8-19(25(26,27)28)9-21(10-20)34-5;/h7-12,15-16H,1,13-14H2,2-6H3,(H,31,32);1H/b23-22-;. The van der Waals surface area contributed by atoms with Gasteiger partial charge in [-0.2, -0.15) is 13.2 Å². The van der Waals surface area contributed by atoms with Gasteiger partial charge in [0.15, 0.2) is 0 Å². The maximum absolute atomic E-state index is 13.4. The molecule has 3 rings (SSSR count). The molecule has 2 aromatic rings. The van der Waals surface area contributed by atoms with Gasteiger partial charge in [0.1, 0.15) is 17.4 Å². The molecule has 8 nitrogen and oxygen atoms in total. The van der Waals surface area contributed by atoms with Gasteiger partial charge in [-0.25, -0.2) is 15.0 Å². The van der Waals surface area contributed by atoms with Crippen LogP contribution < -0.4 is 14.8 Å². The molecule has 0 aliphatic carbocycles. The molecule has 11 heteroatoms. The summed E-state index contributed by atoms with van der Waals surface area (Å²) in [6.07, 6.45) is 0.218. The smallest absolute Gasteiger partial charge is 0.416 e. The lowest BCUT2D eigenvalue weighted by atomic mass is 10.1. The Hall–Kier alpha value is -3.60. The number of nitrogens with one attached hydrogen (secondary N) is 1. The Morgan fingerprint density at radius 2 is 1.81 bits per heavy atom. The number of hydrogen-bond donors (Lipinski definition) is 1. The fraction of sp³-hybridized carbons (Fsp3) is 0.400. The first-order valence-corrected chi connectivity index (χ1v) is 11.3. The van der Waals surface area contributed by atoms with Gasteiger partial charge < -0.3 is 24.4 Å². The van der Waals surface area contributed by atoms with Crippen molar-refractivity contribution in [2.45, 2.75) is 39.2 Å². The third-order valence-electron chi connectivity index (χ3n) is 5.35. The van der Waals surface area contributed by atoms with Crippen LogP contribution in [-0.2, 0) is 10.9 Å². The highest BCUT2D eigenvalue weighted by Gasteiger charge is 2.31. The minimum atomic E-state index is -4.52. The maximum Gasteiger partial charge on any atom is 0.416 e. The van der Waals surface area contributed by atoms with E-state index in [-0.39, 0.29) is 31.1 Å². The number of benzene rings is 1. The second-order valence-electron chi connectivity index (χ2n) is 8.33. The minimum Gasteiger partial charge on any atom is -0.497 e. The molecule has 196 valence electrons. The highest BCUT2D eigenvalue weighted by atomic mass is 19.4. The van der Waals surface area contributed by atoms with E-state index in [2.05, 4.69) is 26.8 Å². The molecule has 0 saturated carbocycles. The van der Waals surface area contributed by atoms with Crippen molar-refractivity contribution in [2.75, 3.05) is 32.6 Å². The number of anilines is 1. The number of ether oxygens (including phenoxy) is 3. The second-order valence-corrected chi connectivity index (χ2v) is 8.33. The average Bonchev–Trinajstić information content (AvgIpc) is 2.82. The van der Waals surface area contributed by atoms with Crippen LogP contribution in [0.25, 0.3) is 5.57 Å². The van der Waals surface area contributed by atoms with Gasteiger partial charge in [-0.05, 0) is 32.9 Å². The van der Waals surface area contributed by atoms with Crippen LogP contribution in [-0.4, -0.2) is 60.2 Å². The number of allylic oxidation sites excluding steroid dienone is 2. The van der Waals surface area contributed by atoms with Crippen LogP contribution >= 0.6 is 0 Å². The molecule has 1 aromatic heterocycles. The van der Waals surface area contributed by atoms with Crippen LogP contribution in [0.4, 0.5) is 18.9 Å². The fourth-order valence-electron chi connectivity index (χ4n) is 3.90. The zero-order chi connectivity index (χ0) is 26.5. The first-order chi connectivity index (χ1) is 17.0. The van der Waals surface area contributed by atoms with Gasteiger partial charge in [0.25, 0.3) is 0 Å². The minimum absolute atomic E-state index is 0. The van der Waals surface area contributed by atoms with Crippen LogP contribution in [0.5, 0.6) is 11.8 Å². The molecule has 1 fully saturated rings. The van der Waals surface area contributed by atoms with Crippen molar-refractivity contribution in [2.24, 2.45) is 4.99 Å². The number of morpholine rings is 1. The SMILES string of the molecule is C=C/C(=C(\N=C(/C)Nc1cc(OC)cc(C(F)(F)F)c1)N1CC(C)OC(C)C1)c1cnc(OC)nc1.[HH]. The molecule has 0 amide bonds. The number of aliphatic imine (C=N–C) groups is 1. The van der Waals surface area contributed by atoms with Gasteiger partial charge in [0, 0.05) is 49.8 Å². The molecule has 0 spiro atoms. The first-order valence-electron chi connectivity index (χ1n) is 11.3. The lowest BCUT2D eigenvalue weighted by Gasteiger charge is -2.37. The van der Waals surface area contributed by atoms with Gasteiger partial charge >= 0.3 is 12.2 Å². The number of amidine groups is 1. The van der Waals surface area contributed by atoms with E-state index in [9.17, 15) is 13.2 Å². The molecular formula is C25H32F3N5O3. The third-order valence-corrected chi connectivity index (χ3v) is 5.35. The molecule has 2 unspecified atom stereocenters. The van der Waals surface area contributed by atoms with Gasteiger partial charge in [0.05, 0.1) is 32.0 Å². The van der Waals surface area contributed by atoms with Crippen LogP contribution in [0.15, 0.2) is 54.1 Å². The van der Waals surface area contributed by atoms with E-state index in [0.29, 0.717) is 35.9 Å². The Morgan fingerprint density at radius 3 is 2.33 bits per heavy atom. The zero-order valence-electron chi connectivity index (χ0n) is 20.9. The summed E-state index contributed by atoms with van der Waals surface area (Å²) in [7, 11) is 2.79. The van der Waals surface area contributed by atoms with Crippen molar-refractivity contribution in [1.82, 2.24) is 14.9 Å². The first kappa shape index (κ1) is 27.0. The van der Waals surface area contributed by atoms with E-state index < -0.39 is 11.7 Å². The van der Waals surface area contributed by atoms with Crippen LogP contribution in [0.1, 0.15) is 33.3 Å². The predicted octanol–water partition coefficient (Wildman–Crippen LogP) is 5.25. The topological polar surface area (TPSA) is 81.1 Å². The number of nitrogens with zero attached hydrogens (tertiary/aromatic N) is 4. The normalized spacial score (nSPS) is 19.4. The van der Waals surface area contributed by atoms with Crippen LogP contribution in [0.3, 0.4) is 0 Å². The molecule has 1 aliphatic rings. The quantitative estimate of drug-likeness (QED) is 0.311. The summed E-state index contributed by atoms with van der Waals surface area (Å²) >= 11 is 0. The Balaban J connectivity index is 0.00000481. The zero-order valence-corrected chi connectivity index (χ0v) is 20.9. The number of halogens is 3. The average molecular weight is 508 g/mol. The molecule has 0 bridgehead atoms. The number of alkyl halides is 3. The maximum atomic E-state index is 13.4. The Labute approximate surface area is 210 Å². The van der Waals surface area contributed by atoms with Crippen LogP contribution in [0.2, 0.25) is 0 Å². The summed E-state index contributed by atoms with van der Waals surface area (Å²) in [5.74, 6) is 1.01. The fourth-order valence-corrected chi connectivity index (χ4v) is 3.90. The Kier molecular flexibility index (Phi) is 8.57.